The number of rotatable bonds is 9. The number of halogens is 4. The van der Waals surface area contributed by atoms with Gasteiger partial charge in [-0.2, -0.15) is 20.4 Å². The van der Waals surface area contributed by atoms with Crippen molar-refractivity contribution in [3.05, 3.63) is 79.5 Å². The van der Waals surface area contributed by atoms with Crippen molar-refractivity contribution >= 4 is 69.6 Å². The van der Waals surface area contributed by atoms with E-state index in [1.165, 1.54) is 4.68 Å². The van der Waals surface area contributed by atoms with Crippen LogP contribution < -0.4 is 19.3 Å². The number of nitrogens with zero attached hydrogens (tertiary/aromatic N) is 11. The first-order valence-corrected chi connectivity index (χ1v) is 19.7. The molecular weight excluding hydrogens is 832 g/mol. The summed E-state index contributed by atoms with van der Waals surface area (Å²) in [5.74, 6) is 1.93. The second-order valence-electron chi connectivity index (χ2n) is 13.4. The Morgan fingerprint density at radius 2 is 1.19 bits per heavy atom. The minimum Gasteiger partial charge on any atom is -0.495 e. The van der Waals surface area contributed by atoms with E-state index in [1.807, 2.05) is 54.3 Å². The number of piperazine rings is 2. The van der Waals surface area contributed by atoms with Gasteiger partial charge in [-0.15, -0.1) is 0 Å². The topological polar surface area (TPSA) is 164 Å². The van der Waals surface area contributed by atoms with Crippen molar-refractivity contribution in [3.63, 3.8) is 0 Å². The van der Waals surface area contributed by atoms with Crippen LogP contribution in [0.25, 0.3) is 11.5 Å². The van der Waals surface area contributed by atoms with E-state index in [1.54, 1.807) is 37.6 Å². The molecule has 0 saturated carbocycles. The number of carbonyl (C=O) groups is 2. The van der Waals surface area contributed by atoms with Gasteiger partial charge in [0.05, 0.1) is 45.7 Å². The minimum absolute atomic E-state index is 0.0218. The maximum Gasteiger partial charge on any atom is 0.244 e. The Balaban J connectivity index is 0.000000198. The van der Waals surface area contributed by atoms with E-state index in [9.17, 15) is 9.59 Å². The molecular formula is C38H41Cl4N11O5. The molecule has 2 aliphatic heterocycles. The number of aryl methyl sites for hydroxylation is 1. The van der Waals surface area contributed by atoms with Crippen LogP contribution in [0.2, 0.25) is 20.1 Å². The number of hydrogen-bond acceptors (Lipinski definition) is 12. The summed E-state index contributed by atoms with van der Waals surface area (Å²) in [5.41, 5.74) is 3.88. The lowest BCUT2D eigenvalue weighted by Gasteiger charge is -2.36. The molecule has 16 nitrogen and oxygen atoms in total. The number of amides is 2. The number of aromatic nitrogens is 6. The van der Waals surface area contributed by atoms with Gasteiger partial charge in [0, 0.05) is 82.8 Å². The first kappa shape index (κ1) is 42.4. The Morgan fingerprint density at radius 1 is 0.724 bits per heavy atom. The monoisotopic (exact) mass is 871 g/mol. The van der Waals surface area contributed by atoms with Crippen LogP contribution in [0.5, 0.6) is 11.5 Å². The molecule has 7 rings (SSSR count). The van der Waals surface area contributed by atoms with Crippen LogP contribution in [0, 0.1) is 32.1 Å². The highest BCUT2D eigenvalue weighted by Crippen LogP contribution is 2.32. The molecule has 2 saturated heterocycles. The summed E-state index contributed by atoms with van der Waals surface area (Å²) in [6.45, 7) is 10.7. The molecule has 0 atom stereocenters. The molecule has 20 heteroatoms. The minimum atomic E-state index is -0.0462. The summed E-state index contributed by atoms with van der Waals surface area (Å²) >= 11 is 24.6. The molecule has 5 heterocycles. The Bertz CT molecular complexity index is 2320. The van der Waals surface area contributed by atoms with Crippen LogP contribution >= 0.6 is 46.4 Å². The van der Waals surface area contributed by atoms with Crippen molar-refractivity contribution in [2.24, 2.45) is 0 Å². The highest BCUT2D eigenvalue weighted by atomic mass is 35.5. The van der Waals surface area contributed by atoms with Gasteiger partial charge in [0.15, 0.2) is 11.4 Å². The van der Waals surface area contributed by atoms with Crippen LogP contribution in [-0.2, 0) is 22.7 Å². The molecule has 2 fully saturated rings. The third-order valence-electron chi connectivity index (χ3n) is 9.95. The molecule has 0 aliphatic carbocycles. The van der Waals surface area contributed by atoms with Gasteiger partial charge in [0.1, 0.15) is 30.7 Å². The summed E-state index contributed by atoms with van der Waals surface area (Å²) in [5, 5.41) is 23.2. The summed E-state index contributed by atoms with van der Waals surface area (Å²) in [6.07, 6.45) is 0. The molecule has 2 aliphatic rings. The molecule has 2 amide bonds. The van der Waals surface area contributed by atoms with Gasteiger partial charge < -0.3 is 33.6 Å². The summed E-state index contributed by atoms with van der Waals surface area (Å²) in [4.78, 5) is 37.7. The van der Waals surface area contributed by atoms with Gasteiger partial charge >= 0.3 is 0 Å². The lowest BCUT2D eigenvalue weighted by atomic mass is 10.2. The van der Waals surface area contributed by atoms with Gasteiger partial charge in [-0.05, 0) is 38.1 Å². The molecule has 58 heavy (non-hydrogen) atoms. The lowest BCUT2D eigenvalue weighted by Crippen LogP contribution is -2.49. The third kappa shape index (κ3) is 9.39. The molecule has 5 aromatic rings. The molecule has 3 aromatic heterocycles. The normalized spacial score (nSPS) is 14.2. The lowest BCUT2D eigenvalue weighted by molar-refractivity contribution is -0.133. The zero-order chi connectivity index (χ0) is 41.7. The molecule has 0 radical (unpaired) electrons. The van der Waals surface area contributed by atoms with Crippen LogP contribution in [-0.4, -0.2) is 118 Å². The van der Waals surface area contributed by atoms with E-state index < -0.39 is 0 Å². The van der Waals surface area contributed by atoms with E-state index in [-0.39, 0.29) is 30.6 Å². The van der Waals surface area contributed by atoms with E-state index in [2.05, 4.69) is 30.1 Å². The predicted molar refractivity (Wildman–Crippen MR) is 220 cm³/mol. The van der Waals surface area contributed by atoms with Crippen LogP contribution in [0.1, 0.15) is 23.0 Å². The maximum atomic E-state index is 12.9. The number of methoxy groups -OCH3 is 2. The van der Waals surface area contributed by atoms with Crippen molar-refractivity contribution in [3.8, 4) is 29.1 Å². The van der Waals surface area contributed by atoms with Crippen molar-refractivity contribution in [1.82, 2.24) is 39.5 Å². The zero-order valence-electron chi connectivity index (χ0n) is 32.5. The van der Waals surface area contributed by atoms with E-state index in [4.69, 9.17) is 65.7 Å². The highest BCUT2D eigenvalue weighted by molar-refractivity contribution is 6.34. The largest absolute Gasteiger partial charge is 0.495 e. The van der Waals surface area contributed by atoms with Crippen molar-refractivity contribution < 1.29 is 23.6 Å². The summed E-state index contributed by atoms with van der Waals surface area (Å²) < 4.78 is 18.6. The zero-order valence-corrected chi connectivity index (χ0v) is 35.5. The van der Waals surface area contributed by atoms with E-state index in [0.717, 1.165) is 11.4 Å². The van der Waals surface area contributed by atoms with Crippen molar-refractivity contribution in [1.29, 1.82) is 5.26 Å². The van der Waals surface area contributed by atoms with Crippen LogP contribution in [0.3, 0.4) is 0 Å². The summed E-state index contributed by atoms with van der Waals surface area (Å²) in [6, 6.07) is 13.3. The van der Waals surface area contributed by atoms with Gasteiger partial charge in [-0.1, -0.05) is 51.6 Å². The fourth-order valence-electron chi connectivity index (χ4n) is 6.54. The SMILES string of the molecule is COc1cc(N2CCN(C(=O)Cn3nc(-c4noc(C)n4)c(Cl)c3C)CC2)ccc1Cl.COc1cc(N2CCN(C(=O)Cn3nc(C#N)c(Cl)c3C)CC2)ccc1Cl. The second-order valence-corrected chi connectivity index (χ2v) is 15.0. The fourth-order valence-corrected chi connectivity index (χ4v) is 7.33. The second kappa shape index (κ2) is 18.6. The predicted octanol–water partition coefficient (Wildman–Crippen LogP) is 5.94. The van der Waals surface area contributed by atoms with Crippen molar-refractivity contribution in [2.75, 3.05) is 76.4 Å². The van der Waals surface area contributed by atoms with Crippen molar-refractivity contribution in [2.45, 2.75) is 33.9 Å². The average molecular weight is 874 g/mol. The van der Waals surface area contributed by atoms with Gasteiger partial charge in [-0.3, -0.25) is 19.0 Å². The first-order chi connectivity index (χ1) is 27.8. The fraction of sp³-hybridized carbons (Fsp3) is 0.395. The number of ether oxygens (including phenoxy) is 2. The van der Waals surface area contributed by atoms with Gasteiger partial charge in [-0.25, -0.2) is 0 Å². The standard InChI is InChI=1S/C20H22Cl2N6O3.C18H19Cl2N5O2/c1-12-18(22)19(20-23-13(2)31-25-20)24-28(12)11-17(29)27-8-6-26(7-9-27)14-4-5-15(21)16(10-14)30-3;1-12-18(20)15(10-21)22-25(12)11-17(26)24-7-5-23(6-8-24)13-3-4-14(19)16(9-13)27-2/h4-5,10H,6-9,11H2,1-3H3;3-4,9H,5-8,11H2,1-2H3. The Kier molecular flexibility index (Phi) is 13.6. The molecule has 0 N–H and O–H groups in total. The molecule has 306 valence electrons. The number of carbonyl (C=O) groups excluding carboxylic acids is 2. The maximum absolute atomic E-state index is 12.9. The van der Waals surface area contributed by atoms with E-state index >= 15 is 0 Å². The molecule has 2 aromatic carbocycles. The quantitative estimate of drug-likeness (QED) is 0.172. The van der Waals surface area contributed by atoms with E-state index in [0.29, 0.717) is 113 Å². The van der Waals surface area contributed by atoms with Gasteiger partial charge in [0.2, 0.25) is 23.5 Å². The van der Waals surface area contributed by atoms with Crippen LogP contribution in [0.4, 0.5) is 11.4 Å². The number of nitriles is 1. The van der Waals surface area contributed by atoms with Gasteiger partial charge in [0.25, 0.3) is 0 Å². The average Bonchev–Trinajstić information content (AvgIpc) is 3.88. The Morgan fingerprint density at radius 3 is 1.60 bits per heavy atom. The Labute approximate surface area is 355 Å². The molecule has 0 bridgehead atoms. The third-order valence-corrected chi connectivity index (χ3v) is 11.5. The molecule has 0 unspecified atom stereocenters. The Hall–Kier alpha value is -5.21. The number of hydrogen-bond donors (Lipinski definition) is 0. The summed E-state index contributed by atoms with van der Waals surface area (Å²) in [7, 11) is 3.18. The van der Waals surface area contributed by atoms with Crippen LogP contribution in [0.15, 0.2) is 40.9 Å². The molecule has 0 spiro atoms. The highest BCUT2D eigenvalue weighted by Gasteiger charge is 2.26. The number of benzene rings is 2. The first-order valence-electron chi connectivity index (χ1n) is 18.2. The smallest absolute Gasteiger partial charge is 0.244 e. The number of anilines is 2.